The summed E-state index contributed by atoms with van der Waals surface area (Å²) < 4.78 is 0. The van der Waals surface area contributed by atoms with E-state index in [-0.39, 0.29) is 5.91 Å². The summed E-state index contributed by atoms with van der Waals surface area (Å²) in [5.41, 5.74) is 4.43. The van der Waals surface area contributed by atoms with Crippen LogP contribution in [0.4, 0.5) is 0 Å². The number of amides is 1. The van der Waals surface area contributed by atoms with Crippen molar-refractivity contribution in [2.75, 3.05) is 0 Å². The molecule has 0 radical (unpaired) electrons. The number of benzene rings is 2. The van der Waals surface area contributed by atoms with E-state index in [0.29, 0.717) is 19.4 Å². The van der Waals surface area contributed by atoms with E-state index in [1.165, 1.54) is 5.56 Å². The Kier molecular flexibility index (Phi) is 4.67. The van der Waals surface area contributed by atoms with Crippen molar-refractivity contribution in [2.24, 2.45) is 5.10 Å². The fourth-order valence-corrected chi connectivity index (χ4v) is 2.49. The Morgan fingerprint density at radius 1 is 1.00 bits per heavy atom. The van der Waals surface area contributed by atoms with E-state index in [9.17, 15) is 4.79 Å². The van der Waals surface area contributed by atoms with Crippen LogP contribution < -0.4 is 0 Å². The van der Waals surface area contributed by atoms with Gasteiger partial charge in [0.15, 0.2) is 0 Å². The number of hydrogen-bond donors (Lipinski definition) is 0. The molecule has 23 heavy (non-hydrogen) atoms. The molecule has 0 N–H and O–H groups in total. The zero-order valence-electron chi connectivity index (χ0n) is 13.3. The molecule has 1 aliphatic rings. The summed E-state index contributed by atoms with van der Waals surface area (Å²) in [6, 6.07) is 18.3. The van der Waals surface area contributed by atoms with Crippen LogP contribution in [0.2, 0.25) is 0 Å². The second-order valence-electron chi connectivity index (χ2n) is 5.77. The van der Waals surface area contributed by atoms with Crippen molar-refractivity contribution in [2.45, 2.75) is 26.3 Å². The average molecular weight is 304 g/mol. The first-order chi connectivity index (χ1) is 11.2. The number of nitrogens with zero attached hydrogens (tertiary/aromatic N) is 2. The van der Waals surface area contributed by atoms with Crippen molar-refractivity contribution in [3.63, 3.8) is 0 Å². The maximum absolute atomic E-state index is 12.1. The molecule has 116 valence electrons. The van der Waals surface area contributed by atoms with Crippen LogP contribution in [-0.4, -0.2) is 16.6 Å². The number of carbonyl (C=O) groups is 1. The quantitative estimate of drug-likeness (QED) is 0.833. The summed E-state index contributed by atoms with van der Waals surface area (Å²) in [5, 5.41) is 6.08. The van der Waals surface area contributed by atoms with Crippen LogP contribution in [-0.2, 0) is 11.3 Å². The second-order valence-corrected chi connectivity index (χ2v) is 5.77. The summed E-state index contributed by atoms with van der Waals surface area (Å²) >= 11 is 0. The van der Waals surface area contributed by atoms with E-state index in [1.54, 1.807) is 5.01 Å². The summed E-state index contributed by atoms with van der Waals surface area (Å²) in [6.45, 7) is 2.60. The van der Waals surface area contributed by atoms with Crippen molar-refractivity contribution < 1.29 is 4.79 Å². The minimum Gasteiger partial charge on any atom is -0.273 e. The number of aryl methyl sites for hydroxylation is 1. The molecule has 2 aromatic carbocycles. The lowest BCUT2D eigenvalue weighted by Crippen LogP contribution is -2.30. The highest BCUT2D eigenvalue weighted by Crippen LogP contribution is 2.15. The van der Waals surface area contributed by atoms with Gasteiger partial charge in [0.25, 0.3) is 0 Å². The molecule has 0 bridgehead atoms. The van der Waals surface area contributed by atoms with Crippen LogP contribution in [0.5, 0.6) is 0 Å². The van der Waals surface area contributed by atoms with Gasteiger partial charge < -0.3 is 0 Å². The first kappa shape index (κ1) is 15.2. The van der Waals surface area contributed by atoms with Crippen molar-refractivity contribution in [3.05, 3.63) is 77.4 Å². The van der Waals surface area contributed by atoms with Gasteiger partial charge in [0.05, 0.1) is 12.3 Å². The first-order valence-corrected chi connectivity index (χ1v) is 7.87. The van der Waals surface area contributed by atoms with Gasteiger partial charge in [0.2, 0.25) is 5.91 Å². The lowest BCUT2D eigenvalue weighted by molar-refractivity contribution is -0.132. The number of hydrogen-bond acceptors (Lipinski definition) is 2. The molecule has 0 fully saturated rings. The molecular weight excluding hydrogens is 284 g/mol. The standard InChI is InChI=1S/C20H20N2O/c1-16-7-9-17(10-8-16)11-12-19-13-14-20(23)22(21-19)15-18-5-3-2-4-6-18/h2-12H,13-15H2,1H3/b12-11+. The SMILES string of the molecule is Cc1ccc(/C=C/C2=NN(Cc3ccccc3)C(=O)CC2)cc1. The highest BCUT2D eigenvalue weighted by atomic mass is 16.2. The minimum absolute atomic E-state index is 0.0846. The molecule has 0 saturated heterocycles. The topological polar surface area (TPSA) is 32.7 Å². The van der Waals surface area contributed by atoms with Gasteiger partial charge in [-0.2, -0.15) is 5.10 Å². The first-order valence-electron chi connectivity index (χ1n) is 7.87. The molecule has 1 aliphatic heterocycles. The molecule has 0 atom stereocenters. The van der Waals surface area contributed by atoms with Crippen LogP contribution >= 0.6 is 0 Å². The van der Waals surface area contributed by atoms with Crippen molar-refractivity contribution in [3.8, 4) is 0 Å². The Balaban J connectivity index is 1.73. The highest BCUT2D eigenvalue weighted by molar-refractivity contribution is 6.02. The largest absolute Gasteiger partial charge is 0.273 e. The smallest absolute Gasteiger partial charge is 0.243 e. The van der Waals surface area contributed by atoms with Gasteiger partial charge in [0, 0.05) is 12.8 Å². The molecule has 2 aromatic rings. The zero-order chi connectivity index (χ0) is 16.1. The summed E-state index contributed by atoms with van der Waals surface area (Å²) in [5.74, 6) is 0.0846. The molecule has 0 spiro atoms. The van der Waals surface area contributed by atoms with Gasteiger partial charge in [-0.25, -0.2) is 5.01 Å². The van der Waals surface area contributed by atoms with Crippen molar-refractivity contribution >= 4 is 17.7 Å². The number of rotatable bonds is 4. The van der Waals surface area contributed by atoms with Crippen LogP contribution in [0.1, 0.15) is 29.5 Å². The molecule has 0 unspecified atom stereocenters. The maximum Gasteiger partial charge on any atom is 0.243 e. The molecular formula is C20H20N2O. The zero-order valence-corrected chi connectivity index (χ0v) is 13.3. The molecule has 3 rings (SSSR count). The summed E-state index contributed by atoms with van der Waals surface area (Å²) in [7, 11) is 0. The van der Waals surface area contributed by atoms with Crippen LogP contribution in [0.3, 0.4) is 0 Å². The van der Waals surface area contributed by atoms with Gasteiger partial charge in [-0.1, -0.05) is 66.2 Å². The van der Waals surface area contributed by atoms with Crippen LogP contribution in [0.25, 0.3) is 6.08 Å². The molecule has 3 nitrogen and oxygen atoms in total. The van der Waals surface area contributed by atoms with Crippen molar-refractivity contribution in [1.29, 1.82) is 0 Å². The number of hydrazone groups is 1. The Hall–Kier alpha value is -2.68. The number of allylic oxidation sites excluding steroid dienone is 1. The number of carbonyl (C=O) groups excluding carboxylic acids is 1. The molecule has 1 amide bonds. The minimum atomic E-state index is 0.0846. The Morgan fingerprint density at radius 3 is 2.48 bits per heavy atom. The molecule has 3 heteroatoms. The van der Waals surface area contributed by atoms with E-state index < -0.39 is 0 Å². The van der Waals surface area contributed by atoms with Gasteiger partial charge in [-0.05, 0) is 24.1 Å². The van der Waals surface area contributed by atoms with Gasteiger partial charge in [0.1, 0.15) is 0 Å². The molecule has 0 aliphatic carbocycles. The van der Waals surface area contributed by atoms with E-state index >= 15 is 0 Å². The lowest BCUT2D eigenvalue weighted by Gasteiger charge is -2.22. The highest BCUT2D eigenvalue weighted by Gasteiger charge is 2.19. The normalized spacial score (nSPS) is 15.1. The summed E-state index contributed by atoms with van der Waals surface area (Å²) in [4.78, 5) is 12.1. The fraction of sp³-hybridized carbons (Fsp3) is 0.200. The fourth-order valence-electron chi connectivity index (χ4n) is 2.49. The Morgan fingerprint density at radius 2 is 1.74 bits per heavy atom. The van der Waals surface area contributed by atoms with E-state index in [2.05, 4.69) is 42.4 Å². The second kappa shape index (κ2) is 7.05. The van der Waals surface area contributed by atoms with E-state index in [0.717, 1.165) is 16.8 Å². The third kappa shape index (κ3) is 4.16. The Labute approximate surface area is 136 Å². The Bertz CT molecular complexity index is 730. The third-order valence-corrected chi connectivity index (χ3v) is 3.85. The molecule has 0 saturated carbocycles. The maximum atomic E-state index is 12.1. The van der Waals surface area contributed by atoms with Crippen molar-refractivity contribution in [1.82, 2.24) is 5.01 Å². The molecule has 0 aromatic heterocycles. The van der Waals surface area contributed by atoms with Gasteiger partial charge >= 0.3 is 0 Å². The monoisotopic (exact) mass is 304 g/mol. The van der Waals surface area contributed by atoms with Crippen LogP contribution in [0, 0.1) is 6.92 Å². The molecule has 1 heterocycles. The van der Waals surface area contributed by atoms with E-state index in [4.69, 9.17) is 0 Å². The summed E-state index contributed by atoms with van der Waals surface area (Å²) in [6.07, 6.45) is 5.28. The van der Waals surface area contributed by atoms with Crippen LogP contribution in [0.15, 0.2) is 65.8 Å². The predicted molar refractivity (Wildman–Crippen MR) is 93.9 cm³/mol. The lowest BCUT2D eigenvalue weighted by atomic mass is 10.1. The van der Waals surface area contributed by atoms with Gasteiger partial charge in [-0.3, -0.25) is 4.79 Å². The predicted octanol–water partition coefficient (Wildman–Crippen LogP) is 4.19. The average Bonchev–Trinajstić information content (AvgIpc) is 2.58. The van der Waals surface area contributed by atoms with Gasteiger partial charge in [-0.15, -0.1) is 0 Å². The third-order valence-electron chi connectivity index (χ3n) is 3.85. The van der Waals surface area contributed by atoms with E-state index in [1.807, 2.05) is 36.4 Å².